The maximum atomic E-state index is 12.0. The molecular formula is C15H11ClN2O. The molecule has 0 spiro atoms. The number of para-hydroxylation sites is 1. The summed E-state index contributed by atoms with van der Waals surface area (Å²) < 4.78 is 1.94. The molecule has 0 fully saturated rings. The van der Waals surface area contributed by atoms with Crippen molar-refractivity contribution in [2.45, 2.75) is 6.92 Å². The largest absolute Gasteiger partial charge is 0.316 e. The predicted molar refractivity (Wildman–Crippen MR) is 77.1 cm³/mol. The Bertz CT molecular complexity index is 809. The number of rotatable bonds is 1. The van der Waals surface area contributed by atoms with Gasteiger partial charge in [-0.05, 0) is 25.1 Å². The van der Waals surface area contributed by atoms with Crippen LogP contribution in [0.3, 0.4) is 0 Å². The molecule has 19 heavy (non-hydrogen) atoms. The summed E-state index contributed by atoms with van der Waals surface area (Å²) in [5.41, 5.74) is 2.43. The first-order valence-electron chi connectivity index (χ1n) is 5.91. The average molecular weight is 271 g/mol. The van der Waals surface area contributed by atoms with Gasteiger partial charge in [0.15, 0.2) is 5.43 Å². The molecule has 94 valence electrons. The number of fused-ring (bicyclic) bond motifs is 1. The van der Waals surface area contributed by atoms with Crippen molar-refractivity contribution in [2.24, 2.45) is 0 Å². The lowest BCUT2D eigenvalue weighted by atomic mass is 10.2. The molecule has 0 aliphatic carbocycles. The molecule has 0 saturated carbocycles. The lowest BCUT2D eigenvalue weighted by Gasteiger charge is -2.11. The molecule has 2 aromatic heterocycles. The van der Waals surface area contributed by atoms with E-state index in [4.69, 9.17) is 11.6 Å². The summed E-state index contributed by atoms with van der Waals surface area (Å²) in [5.74, 6) is 0. The van der Waals surface area contributed by atoms with Crippen LogP contribution in [0.5, 0.6) is 0 Å². The molecule has 0 saturated heterocycles. The minimum Gasteiger partial charge on any atom is -0.316 e. The zero-order chi connectivity index (χ0) is 13.4. The second kappa shape index (κ2) is 4.52. The number of hydrogen-bond acceptors (Lipinski definition) is 2. The maximum Gasteiger partial charge on any atom is 0.192 e. The van der Waals surface area contributed by atoms with E-state index in [0.29, 0.717) is 5.39 Å². The van der Waals surface area contributed by atoms with Crippen LogP contribution in [-0.4, -0.2) is 9.55 Å². The van der Waals surface area contributed by atoms with E-state index in [1.54, 1.807) is 6.20 Å². The molecule has 4 heteroatoms. The third-order valence-corrected chi connectivity index (χ3v) is 3.27. The van der Waals surface area contributed by atoms with E-state index in [0.717, 1.165) is 16.9 Å². The second-order valence-corrected chi connectivity index (χ2v) is 4.69. The molecule has 0 atom stereocenters. The highest BCUT2D eigenvalue weighted by atomic mass is 35.5. The highest BCUT2D eigenvalue weighted by molar-refractivity contribution is 6.34. The van der Waals surface area contributed by atoms with Gasteiger partial charge in [-0.2, -0.15) is 0 Å². The summed E-state index contributed by atoms with van der Waals surface area (Å²) in [6.07, 6.45) is 1.76. The zero-order valence-corrected chi connectivity index (χ0v) is 11.1. The van der Waals surface area contributed by atoms with Crippen molar-refractivity contribution >= 4 is 22.5 Å². The third kappa shape index (κ3) is 2.02. The van der Waals surface area contributed by atoms with Gasteiger partial charge < -0.3 is 4.57 Å². The fourth-order valence-electron chi connectivity index (χ4n) is 2.16. The minimum atomic E-state index is -0.111. The number of benzene rings is 1. The van der Waals surface area contributed by atoms with Crippen LogP contribution in [0.25, 0.3) is 16.6 Å². The first kappa shape index (κ1) is 11.9. The van der Waals surface area contributed by atoms with Gasteiger partial charge in [0, 0.05) is 23.6 Å². The van der Waals surface area contributed by atoms with Gasteiger partial charge in [0.2, 0.25) is 0 Å². The molecule has 0 bridgehead atoms. The topological polar surface area (TPSA) is 34.9 Å². The van der Waals surface area contributed by atoms with Gasteiger partial charge in [-0.15, -0.1) is 0 Å². The molecule has 3 aromatic rings. The Hall–Kier alpha value is -2.13. The SMILES string of the molecule is Cc1cc2c(c(Cl)n1)c(=O)ccn2-c1ccccc1. The smallest absolute Gasteiger partial charge is 0.192 e. The average Bonchev–Trinajstić information content (AvgIpc) is 2.39. The van der Waals surface area contributed by atoms with E-state index in [2.05, 4.69) is 4.98 Å². The summed E-state index contributed by atoms with van der Waals surface area (Å²) in [7, 11) is 0. The predicted octanol–water partition coefficient (Wildman–Crippen LogP) is 3.35. The van der Waals surface area contributed by atoms with Gasteiger partial charge in [0.05, 0.1) is 10.9 Å². The van der Waals surface area contributed by atoms with Crippen LogP contribution in [-0.2, 0) is 0 Å². The van der Waals surface area contributed by atoms with Crippen molar-refractivity contribution in [3.63, 3.8) is 0 Å². The first-order chi connectivity index (χ1) is 9.16. The van der Waals surface area contributed by atoms with E-state index < -0.39 is 0 Å². The number of aromatic nitrogens is 2. The second-order valence-electron chi connectivity index (χ2n) is 4.33. The lowest BCUT2D eigenvalue weighted by Crippen LogP contribution is -2.08. The van der Waals surface area contributed by atoms with Gasteiger partial charge in [-0.1, -0.05) is 29.8 Å². The highest BCUT2D eigenvalue weighted by Crippen LogP contribution is 2.21. The summed E-state index contributed by atoms with van der Waals surface area (Å²) in [5, 5.41) is 0.712. The van der Waals surface area contributed by atoms with Crippen LogP contribution >= 0.6 is 11.6 Å². The Morgan fingerprint density at radius 1 is 1.16 bits per heavy atom. The molecule has 0 aliphatic rings. The summed E-state index contributed by atoms with van der Waals surface area (Å²) >= 11 is 6.10. The van der Waals surface area contributed by atoms with Crippen LogP contribution < -0.4 is 5.43 Å². The van der Waals surface area contributed by atoms with Crippen LogP contribution in [0.1, 0.15) is 5.69 Å². The molecule has 3 nitrogen and oxygen atoms in total. The molecule has 0 unspecified atom stereocenters. The van der Waals surface area contributed by atoms with Crippen molar-refractivity contribution in [1.29, 1.82) is 0 Å². The van der Waals surface area contributed by atoms with E-state index in [1.165, 1.54) is 6.07 Å². The van der Waals surface area contributed by atoms with E-state index in [9.17, 15) is 4.79 Å². The van der Waals surface area contributed by atoms with E-state index in [1.807, 2.05) is 47.9 Å². The lowest BCUT2D eigenvalue weighted by molar-refractivity contribution is 1.08. The van der Waals surface area contributed by atoms with Crippen molar-refractivity contribution in [3.8, 4) is 5.69 Å². The summed E-state index contributed by atoms with van der Waals surface area (Å²) in [6.45, 7) is 1.86. The number of nitrogens with zero attached hydrogens (tertiary/aromatic N) is 2. The van der Waals surface area contributed by atoms with Crippen LogP contribution in [0.4, 0.5) is 0 Å². The standard InChI is InChI=1S/C15H11ClN2O/c1-10-9-12-14(15(16)17-10)13(19)7-8-18(12)11-5-3-2-4-6-11/h2-9H,1H3. The van der Waals surface area contributed by atoms with Crippen LogP contribution in [0, 0.1) is 6.92 Å². The highest BCUT2D eigenvalue weighted by Gasteiger charge is 2.09. The Kier molecular flexibility index (Phi) is 2.84. The van der Waals surface area contributed by atoms with Gasteiger partial charge in [0.1, 0.15) is 5.15 Å². The van der Waals surface area contributed by atoms with Gasteiger partial charge >= 0.3 is 0 Å². The Labute approximate surface area is 115 Å². The van der Waals surface area contributed by atoms with Crippen LogP contribution in [0.2, 0.25) is 5.15 Å². The van der Waals surface area contributed by atoms with E-state index >= 15 is 0 Å². The normalized spacial score (nSPS) is 10.8. The summed E-state index contributed by atoms with van der Waals surface area (Å²) in [6, 6.07) is 13.2. The molecule has 2 heterocycles. The molecule has 3 rings (SSSR count). The number of pyridine rings is 2. The number of hydrogen-bond donors (Lipinski definition) is 0. The Morgan fingerprint density at radius 2 is 1.89 bits per heavy atom. The molecule has 0 amide bonds. The Morgan fingerprint density at radius 3 is 2.63 bits per heavy atom. The zero-order valence-electron chi connectivity index (χ0n) is 10.3. The molecule has 0 radical (unpaired) electrons. The first-order valence-corrected chi connectivity index (χ1v) is 6.28. The monoisotopic (exact) mass is 270 g/mol. The minimum absolute atomic E-state index is 0.111. The molecule has 1 aromatic carbocycles. The fraction of sp³-hybridized carbons (Fsp3) is 0.0667. The van der Waals surface area contributed by atoms with Crippen molar-refractivity contribution in [3.05, 3.63) is 69.7 Å². The number of aryl methyl sites for hydroxylation is 1. The Balaban J connectivity index is 2.45. The molecule has 0 N–H and O–H groups in total. The third-order valence-electron chi connectivity index (χ3n) is 3.00. The molecule has 0 aliphatic heterocycles. The van der Waals surface area contributed by atoms with Gasteiger partial charge in [0.25, 0.3) is 0 Å². The maximum absolute atomic E-state index is 12.0. The quantitative estimate of drug-likeness (QED) is 0.636. The van der Waals surface area contributed by atoms with Crippen molar-refractivity contribution in [1.82, 2.24) is 9.55 Å². The van der Waals surface area contributed by atoms with E-state index in [-0.39, 0.29) is 10.6 Å². The van der Waals surface area contributed by atoms with Crippen molar-refractivity contribution < 1.29 is 0 Å². The van der Waals surface area contributed by atoms with Gasteiger partial charge in [-0.3, -0.25) is 4.79 Å². The summed E-state index contributed by atoms with van der Waals surface area (Å²) in [4.78, 5) is 16.1. The fourth-order valence-corrected chi connectivity index (χ4v) is 2.48. The van der Waals surface area contributed by atoms with Crippen LogP contribution in [0.15, 0.2) is 53.5 Å². The van der Waals surface area contributed by atoms with Gasteiger partial charge in [-0.25, -0.2) is 4.98 Å². The molecular weight excluding hydrogens is 260 g/mol. The number of halogens is 1. The van der Waals surface area contributed by atoms with Crippen molar-refractivity contribution in [2.75, 3.05) is 0 Å².